The largest absolute Gasteiger partial charge is 0.327 e. The summed E-state index contributed by atoms with van der Waals surface area (Å²) in [5, 5.41) is 7.49. The molecule has 11 aromatic rings. The maximum absolute atomic E-state index is 5.14. The van der Waals surface area contributed by atoms with Crippen molar-refractivity contribution in [3.05, 3.63) is 224 Å². The van der Waals surface area contributed by atoms with Gasteiger partial charge in [-0.1, -0.05) is 182 Å². The van der Waals surface area contributed by atoms with Crippen LogP contribution in [-0.4, -0.2) is 9.55 Å². The number of aromatic nitrogens is 2. The SMILES string of the molecule is Cn1c(-c2ccccc2)nc2cccc(-c3ccc(-c4c5ccccc5c(S(c5ccccc5)(c5ccccc5)c5ccccc5)c5ccccc45)c4ccccc34)c21. The second kappa shape index (κ2) is 14.3. The lowest BCUT2D eigenvalue weighted by Gasteiger charge is -2.43. The average Bonchev–Trinajstić information content (AvgIpc) is 3.66. The third-order valence-corrected chi connectivity index (χ3v) is 15.9. The molecule has 0 bridgehead atoms. The van der Waals surface area contributed by atoms with E-state index in [1.54, 1.807) is 0 Å². The maximum atomic E-state index is 5.14. The maximum Gasteiger partial charge on any atom is 0.140 e. The Bertz CT molecular complexity index is 3170. The van der Waals surface area contributed by atoms with Crippen molar-refractivity contribution in [3.63, 3.8) is 0 Å². The number of aryl methyl sites for hydroxylation is 1. The number of nitrogens with zero attached hydrogens (tertiary/aromatic N) is 2. The van der Waals surface area contributed by atoms with Crippen LogP contribution in [0.25, 0.3) is 77.0 Å². The molecule has 0 radical (unpaired) electrons. The number of rotatable bonds is 7. The summed E-state index contributed by atoms with van der Waals surface area (Å²) in [5.74, 6) is 0.965. The monoisotopic (exact) mass is 772 g/mol. The van der Waals surface area contributed by atoms with Crippen LogP contribution in [-0.2, 0) is 7.05 Å². The minimum atomic E-state index is -2.00. The van der Waals surface area contributed by atoms with Gasteiger partial charge in [0.15, 0.2) is 0 Å². The van der Waals surface area contributed by atoms with Crippen LogP contribution in [0.15, 0.2) is 244 Å². The smallest absolute Gasteiger partial charge is 0.140 e. The van der Waals surface area contributed by atoms with Crippen molar-refractivity contribution in [3.8, 4) is 33.6 Å². The third kappa shape index (κ3) is 5.46. The summed E-state index contributed by atoms with van der Waals surface area (Å²) in [5.41, 5.74) is 8.09. The molecule has 3 heteroatoms. The molecule has 0 aliphatic heterocycles. The number of fused-ring (bicyclic) bond motifs is 4. The summed E-state index contributed by atoms with van der Waals surface area (Å²) in [6.45, 7) is 0. The highest BCUT2D eigenvalue weighted by molar-refractivity contribution is 8.34. The fourth-order valence-electron chi connectivity index (χ4n) is 9.43. The van der Waals surface area contributed by atoms with Gasteiger partial charge in [0, 0.05) is 37.8 Å². The molecule has 59 heavy (non-hydrogen) atoms. The number of hydrogen-bond donors (Lipinski definition) is 0. The van der Waals surface area contributed by atoms with Crippen molar-refractivity contribution in [2.75, 3.05) is 0 Å². The first kappa shape index (κ1) is 35.0. The molecule has 0 aliphatic rings. The van der Waals surface area contributed by atoms with Gasteiger partial charge in [-0.25, -0.2) is 4.98 Å². The minimum absolute atomic E-state index is 0.965. The van der Waals surface area contributed by atoms with E-state index in [9.17, 15) is 0 Å². The van der Waals surface area contributed by atoms with Gasteiger partial charge in [0.2, 0.25) is 0 Å². The molecule has 1 aromatic heterocycles. The van der Waals surface area contributed by atoms with Gasteiger partial charge in [0.1, 0.15) is 5.82 Å². The molecular weight excluding hydrogens is 733 g/mol. The normalized spacial score (nSPS) is 12.1. The fourth-order valence-corrected chi connectivity index (χ4v) is 13.7. The first-order valence-electron chi connectivity index (χ1n) is 20.2. The van der Waals surface area contributed by atoms with Crippen LogP contribution >= 0.6 is 10.0 Å². The summed E-state index contributed by atoms with van der Waals surface area (Å²) < 4.78 is 2.25. The minimum Gasteiger partial charge on any atom is -0.327 e. The Labute approximate surface area is 346 Å². The molecule has 2 nitrogen and oxygen atoms in total. The van der Waals surface area contributed by atoms with Gasteiger partial charge in [-0.15, -0.1) is 10.0 Å². The number of hydrogen-bond acceptors (Lipinski definition) is 1. The summed E-state index contributed by atoms with van der Waals surface area (Å²) in [4.78, 5) is 10.5. The summed E-state index contributed by atoms with van der Waals surface area (Å²) in [7, 11) is 0.139. The van der Waals surface area contributed by atoms with Gasteiger partial charge < -0.3 is 4.57 Å². The molecule has 0 unspecified atom stereocenters. The molecule has 0 N–H and O–H groups in total. The molecule has 0 aliphatic carbocycles. The van der Waals surface area contributed by atoms with E-state index in [-0.39, 0.29) is 0 Å². The van der Waals surface area contributed by atoms with E-state index in [1.165, 1.54) is 74.2 Å². The molecule has 10 aromatic carbocycles. The van der Waals surface area contributed by atoms with Crippen molar-refractivity contribution in [1.82, 2.24) is 9.55 Å². The third-order valence-electron chi connectivity index (χ3n) is 11.9. The van der Waals surface area contributed by atoms with Crippen LogP contribution in [0.3, 0.4) is 0 Å². The molecule has 0 saturated carbocycles. The van der Waals surface area contributed by atoms with Crippen molar-refractivity contribution >= 4 is 53.4 Å². The van der Waals surface area contributed by atoms with Gasteiger partial charge in [-0.2, -0.15) is 0 Å². The summed E-state index contributed by atoms with van der Waals surface area (Å²) in [6, 6.07) is 82.5. The van der Waals surface area contributed by atoms with Crippen LogP contribution < -0.4 is 0 Å². The van der Waals surface area contributed by atoms with E-state index in [4.69, 9.17) is 4.98 Å². The highest BCUT2D eigenvalue weighted by Gasteiger charge is 2.37. The molecule has 0 saturated heterocycles. The number of benzene rings is 10. The van der Waals surface area contributed by atoms with Gasteiger partial charge in [0.05, 0.1) is 11.0 Å². The molecule has 280 valence electrons. The number of imidazole rings is 1. The second-order valence-electron chi connectivity index (χ2n) is 15.1. The lowest BCUT2D eigenvalue weighted by atomic mass is 9.87. The van der Waals surface area contributed by atoms with E-state index in [2.05, 4.69) is 236 Å². The zero-order valence-electron chi connectivity index (χ0n) is 32.7. The Morgan fingerprint density at radius 3 is 1.31 bits per heavy atom. The summed E-state index contributed by atoms with van der Waals surface area (Å²) >= 11 is 0. The predicted octanol–water partition coefficient (Wildman–Crippen LogP) is 15.4. The van der Waals surface area contributed by atoms with Crippen LogP contribution in [0.4, 0.5) is 0 Å². The van der Waals surface area contributed by atoms with E-state index in [0.29, 0.717) is 0 Å². The Hall–Kier alpha value is -7.20. The Morgan fingerprint density at radius 2 is 0.780 bits per heavy atom. The highest BCUT2D eigenvalue weighted by Crippen LogP contribution is 2.76. The first-order chi connectivity index (χ1) is 29.2. The van der Waals surface area contributed by atoms with E-state index >= 15 is 0 Å². The fraction of sp³-hybridized carbons (Fsp3) is 0.0179. The van der Waals surface area contributed by atoms with E-state index in [1.807, 2.05) is 0 Å². The van der Waals surface area contributed by atoms with Crippen LogP contribution in [0.5, 0.6) is 0 Å². The quantitative estimate of drug-likeness (QED) is 0.148. The highest BCUT2D eigenvalue weighted by atomic mass is 32.3. The Kier molecular flexibility index (Phi) is 8.49. The molecule has 11 rings (SSSR count). The van der Waals surface area contributed by atoms with Gasteiger partial charge in [-0.3, -0.25) is 0 Å². The lowest BCUT2D eigenvalue weighted by Crippen LogP contribution is -2.07. The zero-order valence-corrected chi connectivity index (χ0v) is 33.5. The molecule has 0 amide bonds. The molecular formula is C56H40N2S. The van der Waals surface area contributed by atoms with Gasteiger partial charge >= 0.3 is 0 Å². The zero-order chi connectivity index (χ0) is 39.3. The topological polar surface area (TPSA) is 17.8 Å². The summed E-state index contributed by atoms with van der Waals surface area (Å²) in [6.07, 6.45) is 0. The van der Waals surface area contributed by atoms with Crippen molar-refractivity contribution < 1.29 is 0 Å². The second-order valence-corrected chi connectivity index (χ2v) is 18.1. The van der Waals surface area contributed by atoms with Crippen LogP contribution in [0, 0.1) is 0 Å². The lowest BCUT2D eigenvalue weighted by molar-refractivity contribution is 0.960. The van der Waals surface area contributed by atoms with E-state index in [0.717, 1.165) is 22.4 Å². The standard InChI is InChI=1S/C56H40N2S/c1-58-54-49(35-20-36-52(54)57-56(58)39-21-6-2-7-22-39)45-37-38-48(44-30-15-14-29-43(44)45)53-46-31-16-18-33-50(46)55(51-34-19-17-32-47(51)53)59(40-23-8-3-9-24-40,41-25-10-4-11-26-41)42-27-12-5-13-28-42/h2-38H,1H3. The molecule has 1 heterocycles. The van der Waals surface area contributed by atoms with Crippen LogP contribution in [0.2, 0.25) is 0 Å². The average molecular weight is 773 g/mol. The van der Waals surface area contributed by atoms with Crippen molar-refractivity contribution in [1.29, 1.82) is 0 Å². The molecule has 0 atom stereocenters. The predicted molar refractivity (Wildman–Crippen MR) is 250 cm³/mol. The number of para-hydroxylation sites is 1. The van der Waals surface area contributed by atoms with E-state index < -0.39 is 10.0 Å². The first-order valence-corrected chi connectivity index (χ1v) is 21.8. The van der Waals surface area contributed by atoms with Crippen molar-refractivity contribution in [2.24, 2.45) is 7.05 Å². The van der Waals surface area contributed by atoms with Gasteiger partial charge in [0.25, 0.3) is 0 Å². The molecule has 0 spiro atoms. The Balaban J connectivity index is 1.23. The molecule has 0 fully saturated rings. The Morgan fingerprint density at radius 1 is 0.356 bits per heavy atom. The van der Waals surface area contributed by atoms with Crippen molar-refractivity contribution in [2.45, 2.75) is 19.6 Å². The van der Waals surface area contributed by atoms with Gasteiger partial charge in [-0.05, 0) is 91.5 Å². The van der Waals surface area contributed by atoms with Crippen LogP contribution in [0.1, 0.15) is 0 Å².